The van der Waals surface area contributed by atoms with Gasteiger partial charge in [-0.2, -0.15) is 0 Å². The second-order valence-electron chi connectivity index (χ2n) is 3.72. The fourth-order valence-electron chi connectivity index (χ4n) is 1.87. The molecule has 0 aliphatic rings. The maximum absolute atomic E-state index is 6.16. The van der Waals surface area contributed by atoms with Crippen LogP contribution in [0.25, 0.3) is 16.6 Å². The van der Waals surface area contributed by atoms with Gasteiger partial charge in [-0.15, -0.1) is 21.8 Å². The van der Waals surface area contributed by atoms with E-state index in [9.17, 15) is 0 Å². The van der Waals surface area contributed by atoms with Crippen LogP contribution in [0.15, 0.2) is 36.8 Å². The van der Waals surface area contributed by atoms with Crippen molar-refractivity contribution in [3.63, 3.8) is 0 Å². The minimum absolute atomic E-state index is 0.289. The van der Waals surface area contributed by atoms with E-state index in [2.05, 4.69) is 15.2 Å². The second kappa shape index (κ2) is 4.55. The average Bonchev–Trinajstić information content (AvgIpc) is 2.88. The number of hydrogen-bond donors (Lipinski definition) is 0. The van der Waals surface area contributed by atoms with E-state index in [4.69, 9.17) is 23.2 Å². The SMILES string of the molecule is ClCc1nncn1-c1ccc(Cl)c2cccnc12. The van der Waals surface area contributed by atoms with Crippen LogP contribution < -0.4 is 0 Å². The summed E-state index contributed by atoms with van der Waals surface area (Å²) in [6, 6.07) is 7.50. The Labute approximate surface area is 113 Å². The predicted octanol–water partition coefficient (Wildman–Crippen LogP) is 3.21. The van der Waals surface area contributed by atoms with Gasteiger partial charge in [0.1, 0.15) is 6.33 Å². The summed E-state index contributed by atoms with van der Waals surface area (Å²) in [6.07, 6.45) is 3.35. The van der Waals surface area contributed by atoms with Gasteiger partial charge in [0, 0.05) is 11.6 Å². The maximum atomic E-state index is 6.16. The first-order chi connectivity index (χ1) is 8.81. The maximum Gasteiger partial charge on any atom is 0.152 e. The van der Waals surface area contributed by atoms with E-state index < -0.39 is 0 Å². The topological polar surface area (TPSA) is 43.6 Å². The molecular formula is C12H8Cl2N4. The van der Waals surface area contributed by atoms with Crippen molar-refractivity contribution in [1.29, 1.82) is 0 Å². The second-order valence-corrected chi connectivity index (χ2v) is 4.39. The first-order valence-electron chi connectivity index (χ1n) is 5.29. The molecule has 0 saturated heterocycles. The van der Waals surface area contributed by atoms with Gasteiger partial charge >= 0.3 is 0 Å². The predicted molar refractivity (Wildman–Crippen MR) is 71.2 cm³/mol. The van der Waals surface area contributed by atoms with Crippen LogP contribution in [-0.4, -0.2) is 19.7 Å². The lowest BCUT2D eigenvalue weighted by Crippen LogP contribution is -2.00. The van der Waals surface area contributed by atoms with Crippen molar-refractivity contribution in [3.8, 4) is 5.69 Å². The largest absolute Gasteiger partial charge is 0.282 e. The molecule has 3 rings (SSSR count). The summed E-state index contributed by atoms with van der Waals surface area (Å²) in [6.45, 7) is 0. The quantitative estimate of drug-likeness (QED) is 0.676. The molecule has 4 nitrogen and oxygen atoms in total. The molecule has 0 atom stereocenters. The van der Waals surface area contributed by atoms with Gasteiger partial charge in [0.2, 0.25) is 0 Å². The number of halogens is 2. The van der Waals surface area contributed by atoms with Crippen LogP contribution in [0.3, 0.4) is 0 Å². The van der Waals surface area contributed by atoms with E-state index in [-0.39, 0.29) is 5.88 Å². The molecule has 0 N–H and O–H groups in total. The Kier molecular flexibility index (Phi) is 2.89. The van der Waals surface area contributed by atoms with E-state index >= 15 is 0 Å². The molecule has 2 aromatic heterocycles. The number of nitrogens with zero attached hydrogens (tertiary/aromatic N) is 4. The third-order valence-electron chi connectivity index (χ3n) is 2.69. The highest BCUT2D eigenvalue weighted by Crippen LogP contribution is 2.27. The molecule has 0 bridgehead atoms. The van der Waals surface area contributed by atoms with Crippen molar-refractivity contribution in [1.82, 2.24) is 19.7 Å². The molecular weight excluding hydrogens is 271 g/mol. The molecule has 0 unspecified atom stereocenters. The van der Waals surface area contributed by atoms with Crippen molar-refractivity contribution in [3.05, 3.63) is 47.6 Å². The monoisotopic (exact) mass is 278 g/mol. The summed E-state index contributed by atoms with van der Waals surface area (Å²) in [5.41, 5.74) is 1.67. The van der Waals surface area contributed by atoms with Crippen LogP contribution in [0, 0.1) is 0 Å². The number of rotatable bonds is 2. The summed E-state index contributed by atoms with van der Waals surface area (Å²) in [5, 5.41) is 9.39. The zero-order valence-corrected chi connectivity index (χ0v) is 10.7. The summed E-state index contributed by atoms with van der Waals surface area (Å²) in [5.74, 6) is 0.961. The molecule has 0 amide bonds. The van der Waals surface area contributed by atoms with Crippen LogP contribution in [0.4, 0.5) is 0 Å². The van der Waals surface area contributed by atoms with E-state index in [1.54, 1.807) is 12.5 Å². The standard InChI is InChI=1S/C12H8Cl2N4/c13-6-11-17-16-7-18(11)10-4-3-9(14)8-2-1-5-15-12(8)10/h1-5,7H,6H2. The molecule has 1 aromatic carbocycles. The average molecular weight is 279 g/mol. The molecule has 0 aliphatic heterocycles. The molecule has 0 spiro atoms. The summed E-state index contributed by atoms with van der Waals surface area (Å²) < 4.78 is 1.82. The van der Waals surface area contributed by atoms with Gasteiger partial charge in [0.15, 0.2) is 5.82 Å². The van der Waals surface area contributed by atoms with Gasteiger partial charge in [0.25, 0.3) is 0 Å². The Morgan fingerprint density at radius 3 is 2.94 bits per heavy atom. The van der Waals surface area contributed by atoms with Gasteiger partial charge in [-0.1, -0.05) is 11.6 Å². The highest BCUT2D eigenvalue weighted by molar-refractivity contribution is 6.35. The van der Waals surface area contributed by atoms with Gasteiger partial charge in [-0.3, -0.25) is 9.55 Å². The summed E-state index contributed by atoms with van der Waals surface area (Å²) in [4.78, 5) is 4.37. The van der Waals surface area contributed by atoms with E-state index in [0.717, 1.165) is 16.6 Å². The molecule has 3 aromatic rings. The zero-order chi connectivity index (χ0) is 12.5. The Bertz CT molecular complexity index is 708. The van der Waals surface area contributed by atoms with Crippen molar-refractivity contribution in [2.24, 2.45) is 0 Å². The number of hydrogen-bond acceptors (Lipinski definition) is 3. The molecule has 0 fully saturated rings. The zero-order valence-electron chi connectivity index (χ0n) is 9.22. The Balaban J connectivity index is 2.34. The Hall–Kier alpha value is -1.65. The molecule has 90 valence electrons. The van der Waals surface area contributed by atoms with Crippen LogP contribution in [0.2, 0.25) is 5.02 Å². The fourth-order valence-corrected chi connectivity index (χ4v) is 2.27. The minimum Gasteiger partial charge on any atom is -0.282 e. The van der Waals surface area contributed by atoms with Crippen molar-refractivity contribution < 1.29 is 0 Å². The minimum atomic E-state index is 0.289. The summed E-state index contributed by atoms with van der Waals surface area (Å²) in [7, 11) is 0. The molecule has 0 aliphatic carbocycles. The highest BCUT2D eigenvalue weighted by Gasteiger charge is 2.11. The van der Waals surface area contributed by atoms with E-state index in [1.165, 1.54) is 0 Å². The fraction of sp³-hybridized carbons (Fsp3) is 0.0833. The third kappa shape index (κ3) is 1.74. The normalized spacial score (nSPS) is 11.0. The molecule has 18 heavy (non-hydrogen) atoms. The van der Waals surface area contributed by atoms with Gasteiger partial charge in [0.05, 0.1) is 22.1 Å². The first-order valence-corrected chi connectivity index (χ1v) is 6.21. The van der Waals surface area contributed by atoms with Crippen LogP contribution in [0.5, 0.6) is 0 Å². The number of aromatic nitrogens is 4. The van der Waals surface area contributed by atoms with Crippen molar-refractivity contribution in [2.45, 2.75) is 5.88 Å². The molecule has 0 saturated carbocycles. The first kappa shape index (κ1) is 11.4. The van der Waals surface area contributed by atoms with Gasteiger partial charge in [-0.05, 0) is 24.3 Å². The summed E-state index contributed by atoms with van der Waals surface area (Å²) >= 11 is 12.0. The molecule has 6 heteroatoms. The number of alkyl halides is 1. The highest BCUT2D eigenvalue weighted by atomic mass is 35.5. The van der Waals surface area contributed by atoms with E-state index in [0.29, 0.717) is 10.8 Å². The van der Waals surface area contributed by atoms with Crippen molar-refractivity contribution in [2.75, 3.05) is 0 Å². The van der Waals surface area contributed by atoms with Gasteiger partial charge < -0.3 is 0 Å². The van der Waals surface area contributed by atoms with Crippen LogP contribution in [-0.2, 0) is 5.88 Å². The van der Waals surface area contributed by atoms with Gasteiger partial charge in [-0.25, -0.2) is 0 Å². The van der Waals surface area contributed by atoms with E-state index in [1.807, 2.05) is 28.8 Å². The lowest BCUT2D eigenvalue weighted by Gasteiger charge is -2.08. The smallest absolute Gasteiger partial charge is 0.152 e. The lowest BCUT2D eigenvalue weighted by atomic mass is 10.2. The van der Waals surface area contributed by atoms with Crippen LogP contribution in [0.1, 0.15) is 5.82 Å². The Morgan fingerprint density at radius 1 is 1.22 bits per heavy atom. The Morgan fingerprint density at radius 2 is 2.11 bits per heavy atom. The van der Waals surface area contributed by atoms with Crippen molar-refractivity contribution >= 4 is 34.1 Å². The lowest BCUT2D eigenvalue weighted by molar-refractivity contribution is 0.954. The number of benzene rings is 1. The van der Waals surface area contributed by atoms with Crippen LogP contribution >= 0.6 is 23.2 Å². The third-order valence-corrected chi connectivity index (χ3v) is 3.26. The molecule has 2 heterocycles. The molecule has 0 radical (unpaired) electrons. The number of fused-ring (bicyclic) bond motifs is 1. The number of pyridine rings is 1.